The number of aromatic nitrogens is 1. The third kappa shape index (κ3) is 3.57. The van der Waals surface area contributed by atoms with Gasteiger partial charge in [-0.1, -0.05) is 30.3 Å². The van der Waals surface area contributed by atoms with E-state index < -0.39 is 0 Å². The van der Waals surface area contributed by atoms with Gasteiger partial charge in [-0.25, -0.2) is 4.98 Å². The summed E-state index contributed by atoms with van der Waals surface area (Å²) in [5.74, 6) is 0.914. The number of benzene rings is 2. The molecule has 0 atom stereocenters. The molecule has 30 heavy (non-hydrogen) atoms. The van der Waals surface area contributed by atoms with Gasteiger partial charge in [0, 0.05) is 51.1 Å². The van der Waals surface area contributed by atoms with Crippen LogP contribution in [-0.2, 0) is 30.7 Å². The van der Waals surface area contributed by atoms with E-state index in [0.717, 1.165) is 49.4 Å². The second-order valence-corrected chi connectivity index (χ2v) is 8.13. The smallest absolute Gasteiger partial charge is 0.246 e. The number of anilines is 1. The van der Waals surface area contributed by atoms with E-state index >= 15 is 0 Å². The minimum absolute atomic E-state index is 0.00977. The van der Waals surface area contributed by atoms with E-state index in [2.05, 4.69) is 52.0 Å². The summed E-state index contributed by atoms with van der Waals surface area (Å²) in [4.78, 5) is 19.0. The van der Waals surface area contributed by atoms with Gasteiger partial charge in [-0.05, 0) is 58.0 Å². The lowest BCUT2D eigenvalue weighted by Gasteiger charge is -2.17. The molecule has 1 aromatic heterocycles. The summed E-state index contributed by atoms with van der Waals surface area (Å²) in [6.07, 6.45) is 7.54. The number of nitrogens with zero attached hydrogens (tertiary/aromatic N) is 2. The van der Waals surface area contributed by atoms with Crippen LogP contribution in [0.25, 0.3) is 16.8 Å². The van der Waals surface area contributed by atoms with Crippen LogP contribution in [0.1, 0.15) is 27.8 Å². The Balaban J connectivity index is 1.32. The van der Waals surface area contributed by atoms with E-state index in [4.69, 9.17) is 0 Å². The molecule has 2 N–H and O–H groups in total. The Morgan fingerprint density at radius 3 is 2.90 bits per heavy atom. The van der Waals surface area contributed by atoms with Crippen LogP contribution in [0.4, 0.5) is 5.82 Å². The molecule has 3 aromatic rings. The zero-order chi connectivity index (χ0) is 20.5. The number of carbonyl (C=O) groups is 1. The van der Waals surface area contributed by atoms with E-state index in [1.807, 2.05) is 19.3 Å². The van der Waals surface area contributed by atoms with Gasteiger partial charge in [-0.3, -0.25) is 4.79 Å². The van der Waals surface area contributed by atoms with E-state index in [0.29, 0.717) is 6.54 Å². The molecule has 5 rings (SSSR count). The van der Waals surface area contributed by atoms with E-state index in [-0.39, 0.29) is 5.91 Å². The fraction of sp³-hybridized carbons (Fsp3) is 0.280. The number of pyridine rings is 1. The van der Waals surface area contributed by atoms with Crippen LogP contribution in [0.15, 0.2) is 48.7 Å². The molecule has 1 aliphatic heterocycles. The van der Waals surface area contributed by atoms with Gasteiger partial charge in [0.25, 0.3) is 0 Å². The Kier molecular flexibility index (Phi) is 4.97. The molecule has 0 unspecified atom stereocenters. The summed E-state index contributed by atoms with van der Waals surface area (Å²) in [7, 11) is 1.86. The van der Waals surface area contributed by atoms with Crippen molar-refractivity contribution < 1.29 is 4.79 Å². The fourth-order valence-electron chi connectivity index (χ4n) is 4.48. The second-order valence-electron chi connectivity index (χ2n) is 8.13. The highest BCUT2D eigenvalue weighted by Crippen LogP contribution is 2.33. The molecule has 1 amide bonds. The summed E-state index contributed by atoms with van der Waals surface area (Å²) in [5, 5.41) is 9.35. The van der Waals surface area contributed by atoms with Crippen molar-refractivity contribution in [3.8, 4) is 0 Å². The van der Waals surface area contributed by atoms with Crippen LogP contribution in [0, 0.1) is 0 Å². The van der Waals surface area contributed by atoms with Gasteiger partial charge in [0.2, 0.25) is 5.91 Å². The largest absolute Gasteiger partial charge is 0.369 e. The number of carbonyl (C=O) groups excluding carboxylic acids is 1. The third-order valence-electron chi connectivity index (χ3n) is 6.07. The Hall–Kier alpha value is -3.18. The Labute approximate surface area is 176 Å². The summed E-state index contributed by atoms with van der Waals surface area (Å²) >= 11 is 0. The SMILES string of the molecule is CN(Cc1ccc2c3c(cccc13)CC2)C(=O)/C=C/c1cnc2c(c1)CNCCN2. The van der Waals surface area contributed by atoms with Crippen molar-refractivity contribution in [2.45, 2.75) is 25.9 Å². The van der Waals surface area contributed by atoms with Crippen LogP contribution in [0.3, 0.4) is 0 Å². The average Bonchev–Trinajstić information content (AvgIpc) is 3.04. The average molecular weight is 399 g/mol. The van der Waals surface area contributed by atoms with Crippen molar-refractivity contribution in [2.75, 3.05) is 25.5 Å². The first-order chi connectivity index (χ1) is 14.7. The van der Waals surface area contributed by atoms with Gasteiger partial charge >= 0.3 is 0 Å². The van der Waals surface area contributed by atoms with E-state index in [1.54, 1.807) is 11.0 Å². The fourth-order valence-corrected chi connectivity index (χ4v) is 4.48. The zero-order valence-corrected chi connectivity index (χ0v) is 17.2. The number of likely N-dealkylation sites (N-methyl/N-ethyl adjacent to an activating group) is 1. The Morgan fingerprint density at radius 2 is 2.00 bits per heavy atom. The van der Waals surface area contributed by atoms with Crippen molar-refractivity contribution >= 4 is 28.6 Å². The number of fused-ring (bicyclic) bond motifs is 1. The summed E-state index contributed by atoms with van der Waals surface area (Å²) in [5.41, 5.74) is 6.12. The van der Waals surface area contributed by atoms with Gasteiger partial charge < -0.3 is 15.5 Å². The molecule has 152 valence electrons. The molecule has 2 aliphatic rings. The monoisotopic (exact) mass is 398 g/mol. The highest BCUT2D eigenvalue weighted by Gasteiger charge is 2.17. The topological polar surface area (TPSA) is 57.3 Å². The summed E-state index contributed by atoms with van der Waals surface area (Å²) < 4.78 is 0. The molecule has 1 aliphatic carbocycles. The minimum atomic E-state index is -0.00977. The normalized spacial score (nSPS) is 15.1. The first kappa shape index (κ1) is 18.8. The lowest BCUT2D eigenvalue weighted by molar-refractivity contribution is -0.125. The first-order valence-electron chi connectivity index (χ1n) is 10.6. The molecule has 0 saturated carbocycles. The predicted molar refractivity (Wildman–Crippen MR) is 121 cm³/mol. The molecule has 5 heteroatoms. The lowest BCUT2D eigenvalue weighted by atomic mass is 9.99. The molecule has 0 fully saturated rings. The molecule has 0 spiro atoms. The van der Waals surface area contributed by atoms with E-state index in [1.165, 1.54) is 27.5 Å². The molecular formula is C25H26N4O. The molecule has 0 bridgehead atoms. The number of amides is 1. The standard InChI is InChI=1S/C25H26N4O/c1-29(16-20-9-8-19-7-6-18-3-2-4-22(20)24(18)19)23(30)10-5-17-13-21-15-26-11-12-27-25(21)28-14-17/h2-5,8-10,13-14,26H,6-7,11-12,15-16H2,1H3,(H,27,28)/b10-5+. The maximum Gasteiger partial charge on any atom is 0.246 e. The van der Waals surface area contributed by atoms with Crippen molar-refractivity contribution in [1.29, 1.82) is 0 Å². The predicted octanol–water partition coefficient (Wildman–Crippen LogP) is 3.52. The quantitative estimate of drug-likeness (QED) is 0.661. The highest BCUT2D eigenvalue weighted by atomic mass is 16.2. The molecule has 2 heterocycles. The number of nitrogens with one attached hydrogen (secondary N) is 2. The van der Waals surface area contributed by atoms with Crippen LogP contribution >= 0.6 is 0 Å². The van der Waals surface area contributed by atoms with Gasteiger partial charge in [-0.2, -0.15) is 0 Å². The van der Waals surface area contributed by atoms with Crippen molar-refractivity contribution in [3.63, 3.8) is 0 Å². The molecular weight excluding hydrogens is 372 g/mol. The van der Waals surface area contributed by atoms with Gasteiger partial charge in [0.05, 0.1) is 0 Å². The minimum Gasteiger partial charge on any atom is -0.369 e. The van der Waals surface area contributed by atoms with Gasteiger partial charge in [-0.15, -0.1) is 0 Å². The molecule has 0 radical (unpaired) electrons. The summed E-state index contributed by atoms with van der Waals surface area (Å²) in [6, 6.07) is 13.0. The molecule has 5 nitrogen and oxygen atoms in total. The van der Waals surface area contributed by atoms with Crippen molar-refractivity contribution in [1.82, 2.24) is 15.2 Å². The van der Waals surface area contributed by atoms with Crippen LogP contribution < -0.4 is 10.6 Å². The maximum absolute atomic E-state index is 12.7. The Bertz CT molecular complexity index is 1140. The second kappa shape index (κ2) is 7.92. The highest BCUT2D eigenvalue weighted by molar-refractivity contribution is 5.94. The Morgan fingerprint density at radius 1 is 1.13 bits per heavy atom. The number of hydrogen-bond donors (Lipinski definition) is 2. The van der Waals surface area contributed by atoms with Crippen molar-refractivity contribution in [3.05, 3.63) is 76.5 Å². The van der Waals surface area contributed by atoms with Crippen LogP contribution in [0.5, 0.6) is 0 Å². The third-order valence-corrected chi connectivity index (χ3v) is 6.07. The molecule has 0 saturated heterocycles. The van der Waals surface area contributed by atoms with Crippen LogP contribution in [0.2, 0.25) is 0 Å². The lowest BCUT2D eigenvalue weighted by Crippen LogP contribution is -2.24. The molecule has 2 aromatic carbocycles. The number of rotatable bonds is 4. The van der Waals surface area contributed by atoms with Gasteiger partial charge in [0.15, 0.2) is 0 Å². The van der Waals surface area contributed by atoms with E-state index in [9.17, 15) is 4.79 Å². The van der Waals surface area contributed by atoms with Crippen LogP contribution in [-0.4, -0.2) is 35.9 Å². The number of hydrogen-bond acceptors (Lipinski definition) is 4. The number of aryl methyl sites for hydroxylation is 2. The first-order valence-corrected chi connectivity index (χ1v) is 10.6. The van der Waals surface area contributed by atoms with Gasteiger partial charge in [0.1, 0.15) is 5.82 Å². The van der Waals surface area contributed by atoms with Crippen molar-refractivity contribution in [2.24, 2.45) is 0 Å². The summed E-state index contributed by atoms with van der Waals surface area (Å²) in [6.45, 7) is 3.17. The zero-order valence-electron chi connectivity index (χ0n) is 17.2. The maximum atomic E-state index is 12.7.